The van der Waals surface area contributed by atoms with Crippen LogP contribution in [0.2, 0.25) is 0 Å². The topological polar surface area (TPSA) is 49.4 Å². The molecule has 4 rings (SSSR count). The highest BCUT2D eigenvalue weighted by atomic mass is 16.2. The second-order valence-corrected chi connectivity index (χ2v) is 10.3. The van der Waals surface area contributed by atoms with Gasteiger partial charge in [-0.3, -0.25) is 9.59 Å². The molecule has 0 radical (unpaired) electrons. The Balaban J connectivity index is 1.69. The third kappa shape index (κ3) is 6.63. The van der Waals surface area contributed by atoms with Gasteiger partial charge >= 0.3 is 0 Å². The first kappa shape index (κ1) is 25.7. The van der Waals surface area contributed by atoms with Gasteiger partial charge in [-0.2, -0.15) is 0 Å². The second-order valence-electron chi connectivity index (χ2n) is 10.3. The van der Waals surface area contributed by atoms with Crippen LogP contribution in [0.3, 0.4) is 0 Å². The third-order valence-electron chi connectivity index (χ3n) is 7.42. The van der Waals surface area contributed by atoms with E-state index in [-0.39, 0.29) is 24.3 Å². The van der Waals surface area contributed by atoms with Crippen LogP contribution in [0.25, 0.3) is 0 Å². The van der Waals surface area contributed by atoms with Gasteiger partial charge in [0.1, 0.15) is 6.04 Å². The minimum atomic E-state index is -0.578. The van der Waals surface area contributed by atoms with Crippen molar-refractivity contribution in [2.24, 2.45) is 0 Å². The summed E-state index contributed by atoms with van der Waals surface area (Å²) in [4.78, 5) is 29.6. The van der Waals surface area contributed by atoms with Crippen LogP contribution in [0.4, 0.5) is 0 Å². The summed E-state index contributed by atoms with van der Waals surface area (Å²) in [6.07, 6.45) is 5.08. The van der Waals surface area contributed by atoms with Crippen molar-refractivity contribution in [1.29, 1.82) is 0 Å². The maximum absolute atomic E-state index is 14.0. The zero-order chi connectivity index (χ0) is 25.5. The Morgan fingerprint density at radius 3 is 2.25 bits per heavy atom. The molecule has 0 bridgehead atoms. The number of nitrogens with zero attached hydrogens (tertiary/aromatic N) is 1. The molecular weight excluding hydrogens is 444 g/mol. The third-order valence-corrected chi connectivity index (χ3v) is 7.42. The molecule has 0 aliphatic heterocycles. The Bertz CT molecular complexity index is 1180. The van der Waals surface area contributed by atoms with Crippen LogP contribution in [-0.2, 0) is 29.0 Å². The lowest BCUT2D eigenvalue weighted by molar-refractivity contribution is -0.141. The molecule has 1 aliphatic carbocycles. The maximum atomic E-state index is 14.0. The smallest absolute Gasteiger partial charge is 0.243 e. The number of benzene rings is 3. The average Bonchev–Trinajstić information content (AvgIpc) is 3.38. The number of amides is 2. The number of nitrogens with one attached hydrogen (secondary N) is 1. The van der Waals surface area contributed by atoms with E-state index in [9.17, 15) is 9.59 Å². The standard InChI is InChI=1S/C32H38N2O2/c1-23-17-18-25(3)28(19-23)21-31(35)34(22-27-14-8-7-11-24(27)2)30(20-26-12-5-4-6-13-26)32(36)33-29-15-9-10-16-29/h4-8,11-14,17-19,29-30H,9-10,15-16,20-22H2,1-3H3,(H,33,36)/t30-/m1/s1. The molecule has 36 heavy (non-hydrogen) atoms. The van der Waals surface area contributed by atoms with Crippen LogP contribution in [0.1, 0.15) is 59.1 Å². The monoisotopic (exact) mass is 482 g/mol. The van der Waals surface area contributed by atoms with Gasteiger partial charge in [-0.15, -0.1) is 0 Å². The second kappa shape index (κ2) is 12.0. The fraction of sp³-hybridized carbons (Fsp3) is 0.375. The highest BCUT2D eigenvalue weighted by molar-refractivity contribution is 5.89. The molecule has 188 valence electrons. The summed E-state index contributed by atoms with van der Waals surface area (Å²) in [5.41, 5.74) is 6.49. The fourth-order valence-electron chi connectivity index (χ4n) is 5.15. The van der Waals surface area contributed by atoms with E-state index < -0.39 is 6.04 Å². The Labute approximate surface area is 215 Å². The van der Waals surface area contributed by atoms with E-state index >= 15 is 0 Å². The summed E-state index contributed by atoms with van der Waals surface area (Å²) < 4.78 is 0. The molecule has 0 spiro atoms. The van der Waals surface area contributed by atoms with Crippen molar-refractivity contribution in [3.63, 3.8) is 0 Å². The van der Waals surface area contributed by atoms with Gasteiger partial charge in [-0.25, -0.2) is 0 Å². The van der Waals surface area contributed by atoms with Crippen molar-refractivity contribution < 1.29 is 9.59 Å². The molecule has 4 heteroatoms. The van der Waals surface area contributed by atoms with Gasteiger partial charge in [0.15, 0.2) is 0 Å². The van der Waals surface area contributed by atoms with Gasteiger partial charge in [-0.05, 0) is 61.4 Å². The van der Waals surface area contributed by atoms with Gasteiger partial charge in [-0.1, -0.05) is 91.2 Å². The van der Waals surface area contributed by atoms with Gasteiger partial charge < -0.3 is 10.2 Å². The Morgan fingerprint density at radius 2 is 1.53 bits per heavy atom. The molecular formula is C32H38N2O2. The number of hydrogen-bond donors (Lipinski definition) is 1. The van der Waals surface area contributed by atoms with Crippen LogP contribution < -0.4 is 5.32 Å². The van der Waals surface area contributed by atoms with E-state index in [0.29, 0.717) is 13.0 Å². The predicted molar refractivity (Wildman–Crippen MR) is 146 cm³/mol. The molecule has 1 N–H and O–H groups in total. The number of hydrogen-bond acceptors (Lipinski definition) is 2. The molecule has 4 nitrogen and oxygen atoms in total. The lowest BCUT2D eigenvalue weighted by atomic mass is 9.98. The molecule has 0 unspecified atom stereocenters. The number of rotatable bonds is 9. The molecule has 3 aromatic carbocycles. The van der Waals surface area contributed by atoms with Crippen molar-refractivity contribution in [3.8, 4) is 0 Å². The Kier molecular flexibility index (Phi) is 8.58. The summed E-state index contributed by atoms with van der Waals surface area (Å²) in [5, 5.41) is 3.29. The van der Waals surface area contributed by atoms with E-state index in [1.54, 1.807) is 0 Å². The highest BCUT2D eigenvalue weighted by Crippen LogP contribution is 2.22. The van der Waals surface area contributed by atoms with Crippen LogP contribution in [0.15, 0.2) is 72.8 Å². The first-order chi connectivity index (χ1) is 17.4. The Hall–Kier alpha value is -3.40. The number of carbonyl (C=O) groups excluding carboxylic acids is 2. The quantitative estimate of drug-likeness (QED) is 0.416. The zero-order valence-corrected chi connectivity index (χ0v) is 21.8. The summed E-state index contributed by atoms with van der Waals surface area (Å²) in [6, 6.07) is 24.0. The lowest BCUT2D eigenvalue weighted by Crippen LogP contribution is -2.52. The molecule has 1 atom stereocenters. The number of carbonyl (C=O) groups is 2. The van der Waals surface area contributed by atoms with Crippen LogP contribution in [-0.4, -0.2) is 28.8 Å². The van der Waals surface area contributed by atoms with E-state index in [1.165, 1.54) is 0 Å². The van der Waals surface area contributed by atoms with E-state index in [2.05, 4.69) is 42.6 Å². The normalized spacial score (nSPS) is 14.4. The van der Waals surface area contributed by atoms with Crippen molar-refractivity contribution >= 4 is 11.8 Å². The highest BCUT2D eigenvalue weighted by Gasteiger charge is 2.32. The molecule has 0 aromatic heterocycles. The van der Waals surface area contributed by atoms with E-state index in [4.69, 9.17) is 0 Å². The lowest BCUT2D eigenvalue weighted by Gasteiger charge is -2.33. The zero-order valence-electron chi connectivity index (χ0n) is 21.8. The molecule has 0 heterocycles. The van der Waals surface area contributed by atoms with Gasteiger partial charge in [0, 0.05) is 19.0 Å². The minimum absolute atomic E-state index is 0.0190. The predicted octanol–water partition coefficient (Wildman–Crippen LogP) is 5.85. The van der Waals surface area contributed by atoms with Crippen LogP contribution >= 0.6 is 0 Å². The van der Waals surface area contributed by atoms with Crippen molar-refractivity contribution in [3.05, 3.63) is 106 Å². The van der Waals surface area contributed by atoms with Crippen LogP contribution in [0, 0.1) is 20.8 Å². The minimum Gasteiger partial charge on any atom is -0.352 e. The average molecular weight is 483 g/mol. The fourth-order valence-corrected chi connectivity index (χ4v) is 5.15. The summed E-state index contributed by atoms with van der Waals surface area (Å²) >= 11 is 0. The molecule has 1 aliphatic rings. The van der Waals surface area contributed by atoms with Gasteiger partial charge in [0.25, 0.3) is 0 Å². The van der Waals surface area contributed by atoms with Crippen LogP contribution in [0.5, 0.6) is 0 Å². The molecule has 3 aromatic rings. The number of aryl methyl sites for hydroxylation is 3. The van der Waals surface area contributed by atoms with Crippen molar-refractivity contribution in [2.45, 2.75) is 77.9 Å². The first-order valence-corrected chi connectivity index (χ1v) is 13.1. The summed E-state index contributed by atoms with van der Waals surface area (Å²) in [5.74, 6) is -0.0666. The van der Waals surface area contributed by atoms with Crippen molar-refractivity contribution in [1.82, 2.24) is 10.2 Å². The Morgan fingerprint density at radius 1 is 0.861 bits per heavy atom. The SMILES string of the molecule is Cc1ccc(C)c(CC(=O)N(Cc2ccccc2C)[C@H](Cc2ccccc2)C(=O)NC2CCCC2)c1. The largest absolute Gasteiger partial charge is 0.352 e. The van der Waals surface area contributed by atoms with E-state index in [0.717, 1.165) is 59.1 Å². The summed E-state index contributed by atoms with van der Waals surface area (Å²) in [6.45, 7) is 6.56. The summed E-state index contributed by atoms with van der Waals surface area (Å²) in [7, 11) is 0. The van der Waals surface area contributed by atoms with Gasteiger partial charge in [0.2, 0.25) is 11.8 Å². The van der Waals surface area contributed by atoms with E-state index in [1.807, 2.05) is 61.2 Å². The first-order valence-electron chi connectivity index (χ1n) is 13.1. The molecule has 0 saturated heterocycles. The van der Waals surface area contributed by atoms with Gasteiger partial charge in [0.05, 0.1) is 6.42 Å². The van der Waals surface area contributed by atoms with Crippen molar-refractivity contribution in [2.75, 3.05) is 0 Å². The molecule has 1 fully saturated rings. The maximum Gasteiger partial charge on any atom is 0.243 e. The molecule has 1 saturated carbocycles. The molecule has 2 amide bonds.